The summed E-state index contributed by atoms with van der Waals surface area (Å²) in [6.45, 7) is 6.01. The molecule has 2 heterocycles. The number of thiophene rings is 1. The van der Waals surface area contributed by atoms with Crippen LogP contribution in [0.15, 0.2) is 34.8 Å². The van der Waals surface area contributed by atoms with Crippen molar-refractivity contribution in [2.75, 3.05) is 13.6 Å². The fraction of sp³-hybridized carbons (Fsp3) is 0.467. The molecular weight excluding hydrogens is 409 g/mol. The maximum absolute atomic E-state index is 4.27. The number of aromatic nitrogens is 2. The van der Waals surface area contributed by atoms with Crippen molar-refractivity contribution >= 4 is 41.3 Å². The predicted molar refractivity (Wildman–Crippen MR) is 104 cm³/mol. The average molecular weight is 433 g/mol. The summed E-state index contributed by atoms with van der Waals surface area (Å²) >= 11 is 1.79. The summed E-state index contributed by atoms with van der Waals surface area (Å²) in [4.78, 5) is 5.64. The van der Waals surface area contributed by atoms with Gasteiger partial charge in [0.15, 0.2) is 5.96 Å². The van der Waals surface area contributed by atoms with Crippen molar-refractivity contribution in [3.8, 4) is 0 Å². The van der Waals surface area contributed by atoms with Crippen LogP contribution in [0.25, 0.3) is 0 Å². The van der Waals surface area contributed by atoms with Crippen molar-refractivity contribution in [1.29, 1.82) is 0 Å². The van der Waals surface area contributed by atoms with E-state index in [1.165, 1.54) is 4.88 Å². The zero-order valence-electron chi connectivity index (χ0n) is 13.5. The van der Waals surface area contributed by atoms with Gasteiger partial charge >= 0.3 is 0 Å². The maximum Gasteiger partial charge on any atom is 0.191 e. The molecule has 0 unspecified atom stereocenters. The van der Waals surface area contributed by atoms with E-state index in [1.807, 2.05) is 17.8 Å². The predicted octanol–water partition coefficient (Wildman–Crippen LogP) is 2.74. The third-order valence-electron chi connectivity index (χ3n) is 3.47. The van der Waals surface area contributed by atoms with E-state index in [0.717, 1.165) is 18.2 Å². The molecule has 0 amide bonds. The molecule has 0 atom stereocenters. The number of halogens is 1. The molecule has 5 nitrogen and oxygen atoms in total. The Hall–Kier alpha value is -1.09. The highest BCUT2D eigenvalue weighted by Gasteiger charge is 2.21. The molecule has 0 saturated carbocycles. The highest BCUT2D eigenvalue weighted by Crippen LogP contribution is 2.26. The van der Waals surface area contributed by atoms with E-state index in [4.69, 9.17) is 0 Å². The lowest BCUT2D eigenvalue weighted by molar-refractivity contribution is 0.518. The van der Waals surface area contributed by atoms with E-state index in [1.54, 1.807) is 24.6 Å². The van der Waals surface area contributed by atoms with Crippen LogP contribution < -0.4 is 10.6 Å². The van der Waals surface area contributed by atoms with Gasteiger partial charge in [-0.3, -0.25) is 9.67 Å². The minimum absolute atomic E-state index is 0. The molecule has 0 bridgehead atoms. The number of rotatable bonds is 5. The average Bonchev–Trinajstić information content (AvgIpc) is 3.11. The van der Waals surface area contributed by atoms with Crippen molar-refractivity contribution in [2.24, 2.45) is 12.0 Å². The van der Waals surface area contributed by atoms with Gasteiger partial charge in [0.25, 0.3) is 0 Å². The van der Waals surface area contributed by atoms with Gasteiger partial charge in [-0.15, -0.1) is 35.3 Å². The van der Waals surface area contributed by atoms with Crippen LogP contribution in [0.4, 0.5) is 0 Å². The Kier molecular flexibility index (Phi) is 7.34. The van der Waals surface area contributed by atoms with Gasteiger partial charge < -0.3 is 10.6 Å². The van der Waals surface area contributed by atoms with Crippen LogP contribution in [0.3, 0.4) is 0 Å². The molecular formula is C15H24IN5S. The first-order chi connectivity index (χ1) is 10.0. The summed E-state index contributed by atoms with van der Waals surface area (Å²) in [6, 6.07) is 6.27. The normalized spacial score (nSPS) is 11.9. The second-order valence-electron chi connectivity index (χ2n) is 5.59. The molecule has 122 valence electrons. The third-order valence-corrected chi connectivity index (χ3v) is 4.70. The van der Waals surface area contributed by atoms with Crippen molar-refractivity contribution in [3.05, 3.63) is 40.3 Å². The van der Waals surface area contributed by atoms with Gasteiger partial charge in [0.2, 0.25) is 0 Å². The second-order valence-corrected chi connectivity index (χ2v) is 6.53. The molecule has 0 aliphatic carbocycles. The number of nitrogens with one attached hydrogen (secondary N) is 2. The molecule has 0 radical (unpaired) electrons. The number of aryl methyl sites for hydroxylation is 1. The highest BCUT2D eigenvalue weighted by molar-refractivity contribution is 14.0. The second kappa shape index (κ2) is 8.52. The van der Waals surface area contributed by atoms with Crippen LogP contribution >= 0.6 is 35.3 Å². The van der Waals surface area contributed by atoms with Crippen LogP contribution in [0.2, 0.25) is 0 Å². The molecule has 0 saturated heterocycles. The zero-order chi connectivity index (χ0) is 15.3. The van der Waals surface area contributed by atoms with E-state index in [-0.39, 0.29) is 29.4 Å². The van der Waals surface area contributed by atoms with E-state index in [0.29, 0.717) is 6.54 Å². The summed E-state index contributed by atoms with van der Waals surface area (Å²) in [6.07, 6.45) is 1.80. The third kappa shape index (κ3) is 4.98. The van der Waals surface area contributed by atoms with Crippen LogP contribution in [0.5, 0.6) is 0 Å². The van der Waals surface area contributed by atoms with Crippen molar-refractivity contribution in [3.63, 3.8) is 0 Å². The first-order valence-electron chi connectivity index (χ1n) is 6.98. The molecule has 2 aromatic heterocycles. The Labute approximate surface area is 153 Å². The van der Waals surface area contributed by atoms with Crippen molar-refractivity contribution < 1.29 is 0 Å². The smallest absolute Gasteiger partial charge is 0.191 e. The van der Waals surface area contributed by atoms with Gasteiger partial charge in [-0.1, -0.05) is 19.9 Å². The van der Waals surface area contributed by atoms with E-state index < -0.39 is 0 Å². The van der Waals surface area contributed by atoms with Crippen LogP contribution in [0, 0.1) is 0 Å². The standard InChI is InChI=1S/C15H23N5S.HI/c1-15(2,13-6-5-9-21-13)11-18-14(16-3)17-10-12-7-8-19-20(12)4;/h5-9H,10-11H2,1-4H3,(H2,16,17,18);1H. The quantitative estimate of drug-likeness (QED) is 0.433. The lowest BCUT2D eigenvalue weighted by atomic mass is 9.91. The highest BCUT2D eigenvalue weighted by atomic mass is 127. The van der Waals surface area contributed by atoms with Gasteiger partial charge in [-0.05, 0) is 17.5 Å². The van der Waals surface area contributed by atoms with Gasteiger partial charge in [-0.2, -0.15) is 5.10 Å². The van der Waals surface area contributed by atoms with Gasteiger partial charge in [-0.25, -0.2) is 0 Å². The van der Waals surface area contributed by atoms with Gasteiger partial charge in [0.1, 0.15) is 0 Å². The molecule has 0 spiro atoms. The minimum Gasteiger partial charge on any atom is -0.356 e. The summed E-state index contributed by atoms with van der Waals surface area (Å²) in [5, 5.41) is 13.0. The Bertz CT molecular complexity index is 589. The first-order valence-corrected chi connectivity index (χ1v) is 7.86. The summed E-state index contributed by atoms with van der Waals surface area (Å²) < 4.78 is 1.86. The number of guanidine groups is 1. The molecule has 7 heteroatoms. The van der Waals surface area contributed by atoms with Crippen molar-refractivity contribution in [2.45, 2.75) is 25.8 Å². The largest absolute Gasteiger partial charge is 0.356 e. The number of nitrogens with zero attached hydrogens (tertiary/aromatic N) is 3. The molecule has 0 aliphatic heterocycles. The summed E-state index contributed by atoms with van der Waals surface area (Å²) in [5.74, 6) is 0.806. The Morgan fingerprint density at radius 2 is 2.14 bits per heavy atom. The van der Waals surface area contributed by atoms with E-state index in [9.17, 15) is 0 Å². The van der Waals surface area contributed by atoms with Gasteiger partial charge in [0, 0.05) is 37.1 Å². The Morgan fingerprint density at radius 3 is 2.68 bits per heavy atom. The van der Waals surface area contributed by atoms with Gasteiger partial charge in [0.05, 0.1) is 12.2 Å². The molecule has 2 rings (SSSR count). The van der Waals surface area contributed by atoms with Crippen LogP contribution in [-0.4, -0.2) is 29.3 Å². The first kappa shape index (κ1) is 19.0. The topological polar surface area (TPSA) is 54.2 Å². The van der Waals surface area contributed by atoms with E-state index >= 15 is 0 Å². The van der Waals surface area contributed by atoms with E-state index in [2.05, 4.69) is 52.1 Å². The Balaban J connectivity index is 0.00000242. The maximum atomic E-state index is 4.27. The minimum atomic E-state index is 0. The number of hydrogen-bond donors (Lipinski definition) is 2. The lowest BCUT2D eigenvalue weighted by Gasteiger charge is -2.25. The monoisotopic (exact) mass is 433 g/mol. The Morgan fingerprint density at radius 1 is 1.36 bits per heavy atom. The molecule has 0 fully saturated rings. The molecule has 22 heavy (non-hydrogen) atoms. The molecule has 2 N–H and O–H groups in total. The lowest BCUT2D eigenvalue weighted by Crippen LogP contribution is -2.43. The van der Waals surface area contributed by atoms with Crippen LogP contribution in [0.1, 0.15) is 24.4 Å². The van der Waals surface area contributed by atoms with Crippen LogP contribution in [-0.2, 0) is 19.0 Å². The number of hydrogen-bond acceptors (Lipinski definition) is 3. The fourth-order valence-corrected chi connectivity index (χ4v) is 2.88. The molecule has 2 aromatic rings. The summed E-state index contributed by atoms with van der Waals surface area (Å²) in [5.41, 5.74) is 1.20. The summed E-state index contributed by atoms with van der Waals surface area (Å²) in [7, 11) is 3.73. The number of aliphatic imine (C=N–C) groups is 1. The molecule has 0 aromatic carbocycles. The molecule has 0 aliphatic rings. The fourth-order valence-electron chi connectivity index (χ4n) is 2.03. The van der Waals surface area contributed by atoms with Crippen molar-refractivity contribution in [1.82, 2.24) is 20.4 Å². The zero-order valence-corrected chi connectivity index (χ0v) is 16.6. The SMILES string of the molecule is CN=C(NCc1ccnn1C)NCC(C)(C)c1cccs1.I.